The lowest BCUT2D eigenvalue weighted by Crippen LogP contribution is -2.52. The van der Waals surface area contributed by atoms with Gasteiger partial charge in [-0.2, -0.15) is 0 Å². The lowest BCUT2D eigenvalue weighted by atomic mass is 9.86. The van der Waals surface area contributed by atoms with Gasteiger partial charge in [0.25, 0.3) is 0 Å². The van der Waals surface area contributed by atoms with Gasteiger partial charge in [0.15, 0.2) is 0 Å². The number of para-hydroxylation sites is 1. The number of hydrogen-bond donors (Lipinski definition) is 0. The minimum absolute atomic E-state index is 0.0871. The Labute approximate surface area is 135 Å². The summed E-state index contributed by atoms with van der Waals surface area (Å²) in [7, 11) is 1.60. The van der Waals surface area contributed by atoms with Crippen molar-refractivity contribution in [1.29, 1.82) is 0 Å². The van der Waals surface area contributed by atoms with Crippen LogP contribution in [0.4, 0.5) is 0 Å². The molecule has 2 saturated heterocycles. The standard InChI is InChI=1S/C18H22N2O3/c1-22-20-17(21)6-7-18(20)8-10-19(11-9-18)13-15-12-14-4-2-3-5-16(14)23-15/h2-5,12H,6-11,13H2,1H3. The average molecular weight is 314 g/mol. The molecule has 0 saturated carbocycles. The highest BCUT2D eigenvalue weighted by molar-refractivity contribution is 5.78. The highest BCUT2D eigenvalue weighted by Crippen LogP contribution is 2.39. The first kappa shape index (κ1) is 14.7. The quantitative estimate of drug-likeness (QED) is 0.874. The van der Waals surface area contributed by atoms with E-state index in [1.54, 1.807) is 12.2 Å². The van der Waals surface area contributed by atoms with Crippen molar-refractivity contribution in [2.24, 2.45) is 0 Å². The van der Waals surface area contributed by atoms with E-state index < -0.39 is 0 Å². The topological polar surface area (TPSA) is 45.9 Å². The summed E-state index contributed by atoms with van der Waals surface area (Å²) in [6.07, 6.45) is 3.45. The molecule has 0 unspecified atom stereocenters. The second kappa shape index (κ2) is 5.65. The smallest absolute Gasteiger partial charge is 0.246 e. The van der Waals surface area contributed by atoms with Crippen molar-refractivity contribution in [3.05, 3.63) is 36.1 Å². The summed E-state index contributed by atoms with van der Waals surface area (Å²) in [6.45, 7) is 2.75. The molecular weight excluding hydrogens is 292 g/mol. The van der Waals surface area contributed by atoms with Crippen molar-refractivity contribution in [3.8, 4) is 0 Å². The molecule has 23 heavy (non-hydrogen) atoms. The van der Waals surface area contributed by atoms with E-state index in [9.17, 15) is 4.79 Å². The maximum atomic E-state index is 11.9. The Balaban J connectivity index is 1.42. The van der Waals surface area contributed by atoms with Crippen molar-refractivity contribution >= 4 is 16.9 Å². The third-order valence-corrected chi connectivity index (χ3v) is 5.29. The summed E-state index contributed by atoms with van der Waals surface area (Å²) in [5, 5.41) is 2.79. The Hall–Kier alpha value is -1.85. The summed E-state index contributed by atoms with van der Waals surface area (Å²) in [4.78, 5) is 19.7. The van der Waals surface area contributed by atoms with Gasteiger partial charge in [-0.3, -0.25) is 14.5 Å². The summed E-state index contributed by atoms with van der Waals surface area (Å²) >= 11 is 0. The van der Waals surface area contributed by atoms with Gasteiger partial charge >= 0.3 is 0 Å². The number of carbonyl (C=O) groups excluding carboxylic acids is 1. The van der Waals surface area contributed by atoms with Crippen molar-refractivity contribution in [3.63, 3.8) is 0 Å². The van der Waals surface area contributed by atoms with E-state index in [1.807, 2.05) is 18.2 Å². The number of piperidine rings is 1. The minimum atomic E-state index is -0.0871. The molecule has 0 atom stereocenters. The Morgan fingerprint density at radius 3 is 2.74 bits per heavy atom. The lowest BCUT2D eigenvalue weighted by molar-refractivity contribution is -0.202. The highest BCUT2D eigenvalue weighted by Gasteiger charge is 2.47. The molecule has 3 heterocycles. The van der Waals surface area contributed by atoms with Gasteiger partial charge in [0.2, 0.25) is 5.91 Å². The van der Waals surface area contributed by atoms with Gasteiger partial charge in [0, 0.05) is 24.9 Å². The molecule has 4 rings (SSSR count). The fourth-order valence-electron chi connectivity index (χ4n) is 4.02. The molecule has 122 valence electrons. The number of nitrogens with zero attached hydrogens (tertiary/aromatic N) is 2. The van der Waals surface area contributed by atoms with Crippen LogP contribution in [0.2, 0.25) is 0 Å². The van der Waals surface area contributed by atoms with Crippen molar-refractivity contribution in [2.45, 2.75) is 37.8 Å². The van der Waals surface area contributed by atoms with E-state index in [0.29, 0.717) is 6.42 Å². The molecule has 1 aromatic carbocycles. The third-order valence-electron chi connectivity index (χ3n) is 5.29. The monoisotopic (exact) mass is 314 g/mol. The third kappa shape index (κ3) is 2.54. The Morgan fingerprint density at radius 1 is 1.22 bits per heavy atom. The zero-order chi connectivity index (χ0) is 15.9. The molecule has 1 amide bonds. The predicted molar refractivity (Wildman–Crippen MR) is 86.5 cm³/mol. The fourth-order valence-corrected chi connectivity index (χ4v) is 4.02. The Bertz CT molecular complexity index is 683. The summed E-state index contributed by atoms with van der Waals surface area (Å²) in [5.74, 6) is 1.13. The van der Waals surface area contributed by atoms with Gasteiger partial charge in [-0.05, 0) is 31.4 Å². The van der Waals surface area contributed by atoms with Crippen LogP contribution in [0.25, 0.3) is 11.0 Å². The molecule has 2 aliphatic rings. The van der Waals surface area contributed by atoms with E-state index in [1.165, 1.54) is 0 Å². The zero-order valence-corrected chi connectivity index (χ0v) is 13.5. The van der Waals surface area contributed by atoms with Crippen molar-refractivity contribution < 1.29 is 14.0 Å². The number of amides is 1. The molecule has 1 aromatic heterocycles. The number of benzene rings is 1. The normalized spacial score (nSPS) is 21.6. The maximum Gasteiger partial charge on any atom is 0.246 e. The SMILES string of the molecule is CON1C(=O)CCC12CCN(Cc1cc3ccccc3o1)CC2. The largest absolute Gasteiger partial charge is 0.460 e. The van der Waals surface area contributed by atoms with Crippen LogP contribution in [-0.4, -0.2) is 41.6 Å². The molecule has 2 aromatic rings. The first-order valence-electron chi connectivity index (χ1n) is 8.27. The van der Waals surface area contributed by atoms with Crippen LogP contribution in [0.1, 0.15) is 31.4 Å². The number of fused-ring (bicyclic) bond motifs is 1. The summed E-state index contributed by atoms with van der Waals surface area (Å²) < 4.78 is 5.92. The van der Waals surface area contributed by atoms with E-state index in [4.69, 9.17) is 9.25 Å². The molecule has 0 aliphatic carbocycles. The Kier molecular flexibility index (Phi) is 3.62. The first-order chi connectivity index (χ1) is 11.2. The van der Waals surface area contributed by atoms with Crippen molar-refractivity contribution in [2.75, 3.05) is 20.2 Å². The number of hydrogen-bond acceptors (Lipinski definition) is 4. The van der Waals surface area contributed by atoms with E-state index >= 15 is 0 Å². The molecule has 5 heteroatoms. The second-order valence-electron chi connectivity index (χ2n) is 6.62. The van der Waals surface area contributed by atoms with Gasteiger partial charge in [-0.1, -0.05) is 18.2 Å². The van der Waals surface area contributed by atoms with E-state index in [0.717, 1.165) is 55.6 Å². The van der Waals surface area contributed by atoms with Crippen LogP contribution < -0.4 is 0 Å². The molecule has 2 aliphatic heterocycles. The van der Waals surface area contributed by atoms with E-state index in [2.05, 4.69) is 17.0 Å². The second-order valence-corrected chi connectivity index (χ2v) is 6.62. The zero-order valence-electron chi connectivity index (χ0n) is 13.5. The van der Waals surface area contributed by atoms with Gasteiger partial charge in [0.05, 0.1) is 19.2 Å². The lowest BCUT2D eigenvalue weighted by Gasteiger charge is -2.43. The van der Waals surface area contributed by atoms with Crippen LogP contribution >= 0.6 is 0 Å². The number of furan rings is 1. The van der Waals surface area contributed by atoms with Gasteiger partial charge in [-0.15, -0.1) is 0 Å². The molecule has 1 spiro atoms. The summed E-state index contributed by atoms with van der Waals surface area (Å²) in [5.41, 5.74) is 0.860. The van der Waals surface area contributed by atoms with Crippen molar-refractivity contribution in [1.82, 2.24) is 9.96 Å². The van der Waals surface area contributed by atoms with Gasteiger partial charge in [-0.25, -0.2) is 5.06 Å². The van der Waals surface area contributed by atoms with Crippen LogP contribution in [0.3, 0.4) is 0 Å². The minimum Gasteiger partial charge on any atom is -0.460 e. The van der Waals surface area contributed by atoms with Crippen LogP contribution in [-0.2, 0) is 16.2 Å². The average Bonchev–Trinajstić information content (AvgIpc) is 3.10. The molecule has 0 N–H and O–H groups in total. The number of likely N-dealkylation sites (tertiary alicyclic amines) is 1. The first-order valence-corrected chi connectivity index (χ1v) is 8.27. The molecule has 0 bridgehead atoms. The molecule has 5 nitrogen and oxygen atoms in total. The summed E-state index contributed by atoms with van der Waals surface area (Å²) in [6, 6.07) is 10.2. The van der Waals surface area contributed by atoms with Crippen LogP contribution in [0.15, 0.2) is 34.7 Å². The van der Waals surface area contributed by atoms with Gasteiger partial charge in [0.1, 0.15) is 11.3 Å². The predicted octanol–water partition coefficient (Wildman–Crippen LogP) is 2.95. The fraction of sp³-hybridized carbons (Fsp3) is 0.500. The highest BCUT2D eigenvalue weighted by atomic mass is 16.7. The van der Waals surface area contributed by atoms with Crippen LogP contribution in [0, 0.1) is 0 Å². The molecule has 2 fully saturated rings. The Morgan fingerprint density at radius 2 is 2.00 bits per heavy atom. The molecular formula is C18H22N2O3. The van der Waals surface area contributed by atoms with E-state index in [-0.39, 0.29) is 11.4 Å². The number of rotatable bonds is 3. The number of carbonyl (C=O) groups is 1. The molecule has 0 radical (unpaired) electrons. The van der Waals surface area contributed by atoms with Gasteiger partial charge < -0.3 is 4.42 Å². The maximum absolute atomic E-state index is 11.9. The van der Waals surface area contributed by atoms with Crippen LogP contribution in [0.5, 0.6) is 0 Å². The number of hydroxylamine groups is 2.